The van der Waals surface area contributed by atoms with Crippen molar-refractivity contribution in [2.24, 2.45) is 5.92 Å². The van der Waals surface area contributed by atoms with Crippen LogP contribution in [0.15, 0.2) is 48.5 Å². The molecule has 0 spiro atoms. The van der Waals surface area contributed by atoms with Gasteiger partial charge in [0.1, 0.15) is 0 Å². The first-order chi connectivity index (χ1) is 11.6. The Bertz CT molecular complexity index is 777. The van der Waals surface area contributed by atoms with Crippen LogP contribution in [0.2, 0.25) is 5.02 Å². The zero-order valence-corrected chi connectivity index (χ0v) is 13.8. The maximum atomic E-state index is 12.4. The third-order valence-corrected chi connectivity index (χ3v) is 4.20. The van der Waals surface area contributed by atoms with Gasteiger partial charge in [-0.25, -0.2) is 0 Å². The third kappa shape index (κ3) is 3.21. The molecule has 124 valence electrons. The molecule has 1 aliphatic rings. The molecule has 1 aliphatic heterocycles. The molecule has 2 aromatic rings. The Kier molecular flexibility index (Phi) is 4.71. The van der Waals surface area contributed by atoms with Crippen LogP contribution in [0, 0.1) is 5.92 Å². The van der Waals surface area contributed by atoms with Gasteiger partial charge in [0, 0.05) is 13.0 Å². The van der Waals surface area contributed by atoms with Crippen molar-refractivity contribution in [2.45, 2.75) is 6.42 Å². The second-order valence-corrected chi connectivity index (χ2v) is 5.84. The highest BCUT2D eigenvalue weighted by molar-refractivity contribution is 6.33. The molecule has 0 saturated carbocycles. The molecule has 6 heteroatoms. The standard InChI is InChI=1S/C18H16ClNO4/c1-23-15-8-4-5-9-16(15)24-18(22)12-10-17(21)20(11-12)14-7-3-2-6-13(14)19/h2-9,12H,10-11H2,1H3. The maximum Gasteiger partial charge on any atom is 0.316 e. The van der Waals surface area contributed by atoms with E-state index in [4.69, 9.17) is 21.1 Å². The summed E-state index contributed by atoms with van der Waals surface area (Å²) in [6, 6.07) is 14.0. The smallest absolute Gasteiger partial charge is 0.316 e. The molecule has 2 aromatic carbocycles. The summed E-state index contributed by atoms with van der Waals surface area (Å²) in [6.45, 7) is 0.247. The molecule has 1 fully saturated rings. The summed E-state index contributed by atoms with van der Waals surface area (Å²) in [5, 5.41) is 0.476. The Hall–Kier alpha value is -2.53. The summed E-state index contributed by atoms with van der Waals surface area (Å²) in [5.74, 6) is -0.335. The highest BCUT2D eigenvalue weighted by atomic mass is 35.5. The highest BCUT2D eigenvalue weighted by Crippen LogP contribution is 2.32. The molecule has 1 unspecified atom stereocenters. The Balaban J connectivity index is 1.74. The molecule has 0 bridgehead atoms. The SMILES string of the molecule is COc1ccccc1OC(=O)C1CC(=O)N(c2ccccc2Cl)C1. The van der Waals surface area contributed by atoms with Gasteiger partial charge in [0.05, 0.1) is 23.7 Å². The van der Waals surface area contributed by atoms with E-state index in [1.54, 1.807) is 48.5 Å². The van der Waals surface area contributed by atoms with Crippen LogP contribution in [0.4, 0.5) is 5.69 Å². The molecule has 24 heavy (non-hydrogen) atoms. The monoisotopic (exact) mass is 345 g/mol. The zero-order chi connectivity index (χ0) is 17.1. The number of rotatable bonds is 4. The average molecular weight is 346 g/mol. The first-order valence-electron chi connectivity index (χ1n) is 7.49. The summed E-state index contributed by atoms with van der Waals surface area (Å²) in [7, 11) is 1.50. The number of nitrogens with zero attached hydrogens (tertiary/aromatic N) is 1. The first-order valence-corrected chi connectivity index (χ1v) is 7.87. The predicted octanol–water partition coefficient (Wildman–Crippen LogP) is 3.31. The lowest BCUT2D eigenvalue weighted by molar-refractivity contribution is -0.139. The molecule has 1 atom stereocenters. The van der Waals surface area contributed by atoms with Crippen LogP contribution in [-0.4, -0.2) is 25.5 Å². The van der Waals surface area contributed by atoms with Crippen molar-refractivity contribution < 1.29 is 19.1 Å². The average Bonchev–Trinajstić information content (AvgIpc) is 2.97. The number of amides is 1. The largest absolute Gasteiger partial charge is 0.493 e. The minimum atomic E-state index is -0.543. The van der Waals surface area contributed by atoms with Crippen LogP contribution in [0.25, 0.3) is 0 Å². The normalized spacial score (nSPS) is 17.0. The van der Waals surface area contributed by atoms with Crippen molar-refractivity contribution in [3.05, 3.63) is 53.6 Å². The van der Waals surface area contributed by atoms with E-state index in [0.29, 0.717) is 22.2 Å². The number of para-hydroxylation sites is 3. The molecular formula is C18H16ClNO4. The van der Waals surface area contributed by atoms with Crippen LogP contribution in [-0.2, 0) is 9.59 Å². The summed E-state index contributed by atoms with van der Waals surface area (Å²) in [4.78, 5) is 26.2. The van der Waals surface area contributed by atoms with E-state index in [1.807, 2.05) is 0 Å². The van der Waals surface area contributed by atoms with Gasteiger partial charge in [0.15, 0.2) is 11.5 Å². The fourth-order valence-electron chi connectivity index (χ4n) is 2.66. The molecule has 0 aliphatic carbocycles. The summed E-state index contributed by atoms with van der Waals surface area (Å²) < 4.78 is 10.6. The zero-order valence-electron chi connectivity index (χ0n) is 13.1. The molecule has 1 amide bonds. The molecule has 1 saturated heterocycles. The fourth-order valence-corrected chi connectivity index (χ4v) is 2.90. The highest BCUT2D eigenvalue weighted by Gasteiger charge is 2.37. The van der Waals surface area contributed by atoms with Crippen LogP contribution in [0.1, 0.15) is 6.42 Å². The van der Waals surface area contributed by atoms with Crippen LogP contribution in [0.3, 0.4) is 0 Å². The number of carbonyl (C=O) groups is 2. The maximum absolute atomic E-state index is 12.4. The molecule has 1 heterocycles. The van der Waals surface area contributed by atoms with Crippen molar-refractivity contribution in [3.63, 3.8) is 0 Å². The Labute approximate surface area is 144 Å². The number of carbonyl (C=O) groups excluding carboxylic acids is 2. The van der Waals surface area contributed by atoms with Crippen molar-refractivity contribution in [1.29, 1.82) is 0 Å². The van der Waals surface area contributed by atoms with Gasteiger partial charge in [0.2, 0.25) is 5.91 Å². The van der Waals surface area contributed by atoms with E-state index in [0.717, 1.165) is 0 Å². The number of esters is 1. The molecular weight excluding hydrogens is 330 g/mol. The van der Waals surface area contributed by atoms with Crippen molar-refractivity contribution in [3.8, 4) is 11.5 Å². The molecule has 5 nitrogen and oxygen atoms in total. The predicted molar refractivity (Wildman–Crippen MR) is 90.5 cm³/mol. The third-order valence-electron chi connectivity index (χ3n) is 3.88. The molecule has 0 N–H and O–H groups in total. The number of halogens is 1. The Morgan fingerprint density at radius 3 is 2.50 bits per heavy atom. The van der Waals surface area contributed by atoms with Gasteiger partial charge in [-0.3, -0.25) is 9.59 Å². The van der Waals surface area contributed by atoms with Gasteiger partial charge < -0.3 is 14.4 Å². The van der Waals surface area contributed by atoms with E-state index in [1.165, 1.54) is 12.0 Å². The van der Waals surface area contributed by atoms with Gasteiger partial charge in [-0.05, 0) is 24.3 Å². The lowest BCUT2D eigenvalue weighted by Crippen LogP contribution is -2.27. The second-order valence-electron chi connectivity index (χ2n) is 5.43. The molecule has 0 aromatic heterocycles. The van der Waals surface area contributed by atoms with Crippen molar-refractivity contribution in [1.82, 2.24) is 0 Å². The lowest BCUT2D eigenvalue weighted by atomic mass is 10.1. The minimum Gasteiger partial charge on any atom is -0.493 e. The minimum absolute atomic E-state index is 0.0964. The van der Waals surface area contributed by atoms with Gasteiger partial charge in [-0.15, -0.1) is 0 Å². The van der Waals surface area contributed by atoms with Gasteiger partial charge in [-0.1, -0.05) is 35.9 Å². The van der Waals surface area contributed by atoms with E-state index < -0.39 is 11.9 Å². The Morgan fingerprint density at radius 1 is 1.12 bits per heavy atom. The number of ether oxygens (including phenoxy) is 2. The van der Waals surface area contributed by atoms with Gasteiger partial charge >= 0.3 is 5.97 Å². The van der Waals surface area contributed by atoms with E-state index in [2.05, 4.69) is 0 Å². The van der Waals surface area contributed by atoms with E-state index in [-0.39, 0.29) is 18.9 Å². The summed E-state index contributed by atoms with van der Waals surface area (Å²) >= 11 is 6.14. The number of methoxy groups -OCH3 is 1. The quantitative estimate of drug-likeness (QED) is 0.630. The van der Waals surface area contributed by atoms with E-state index >= 15 is 0 Å². The van der Waals surface area contributed by atoms with Crippen LogP contribution >= 0.6 is 11.6 Å². The summed E-state index contributed by atoms with van der Waals surface area (Å²) in [6.07, 6.45) is 0.0964. The molecule has 3 rings (SSSR count). The number of benzene rings is 2. The van der Waals surface area contributed by atoms with Crippen LogP contribution < -0.4 is 14.4 Å². The second kappa shape index (κ2) is 6.93. The Morgan fingerprint density at radius 2 is 1.79 bits per heavy atom. The van der Waals surface area contributed by atoms with Crippen molar-refractivity contribution in [2.75, 3.05) is 18.6 Å². The first kappa shape index (κ1) is 16.3. The van der Waals surface area contributed by atoms with E-state index in [9.17, 15) is 9.59 Å². The van der Waals surface area contributed by atoms with Crippen molar-refractivity contribution >= 4 is 29.2 Å². The summed E-state index contributed by atoms with van der Waals surface area (Å²) in [5.41, 5.74) is 0.608. The lowest BCUT2D eigenvalue weighted by Gasteiger charge is -2.18. The fraction of sp³-hybridized carbons (Fsp3) is 0.222. The van der Waals surface area contributed by atoms with Gasteiger partial charge in [0.25, 0.3) is 0 Å². The number of hydrogen-bond acceptors (Lipinski definition) is 4. The topological polar surface area (TPSA) is 55.8 Å². The number of hydrogen-bond donors (Lipinski definition) is 0. The molecule has 0 radical (unpaired) electrons. The van der Waals surface area contributed by atoms with Crippen LogP contribution in [0.5, 0.6) is 11.5 Å². The number of anilines is 1. The van der Waals surface area contributed by atoms with Gasteiger partial charge in [-0.2, -0.15) is 0 Å².